The summed E-state index contributed by atoms with van der Waals surface area (Å²) in [6, 6.07) is 66.7. The quantitative estimate of drug-likeness (QED) is 0.167. The van der Waals surface area contributed by atoms with Gasteiger partial charge in [0.15, 0.2) is 0 Å². The molecule has 0 bridgehead atoms. The molecule has 0 atom stereocenters. The first-order chi connectivity index (χ1) is 30.3. The SMILES string of the molecule is c1ccc2c(c1)cc(-c1ccc(-c3nc(-n4c5ccc6sc7cccc8c7c6c5c5c4ccc4c6ccccc6n8c45)nc4ccc5ccccc5c34)cc1)c1ccccc12. The van der Waals surface area contributed by atoms with Gasteiger partial charge in [0, 0.05) is 52.7 Å². The van der Waals surface area contributed by atoms with Gasteiger partial charge in [-0.15, -0.1) is 11.3 Å². The van der Waals surface area contributed by atoms with Crippen molar-refractivity contribution in [3.63, 3.8) is 0 Å². The fourth-order valence-corrected chi connectivity index (χ4v) is 12.0. The molecule has 0 saturated carbocycles. The minimum Gasteiger partial charge on any atom is -0.308 e. The summed E-state index contributed by atoms with van der Waals surface area (Å²) in [6.07, 6.45) is 0. The number of fused-ring (bicyclic) bond motifs is 10. The molecule has 0 amide bonds. The standard InChI is InChI=1S/C56H30N4S/c1-4-13-36-31(10-1)24-26-42-49(36)54(33-22-20-32(21-23-33)41-30-34-11-2-3-12-35(34)37-14-5-6-15-38(37)41)58-56(57-42)60-45-28-29-48-53-50-44(18-9-19-47(50)61-48)59-43-17-8-7-16-39(43)40-25-27-46(60)52(51(45)53)55(40)59/h1-30H. The van der Waals surface area contributed by atoms with E-state index in [0.29, 0.717) is 5.95 Å². The maximum atomic E-state index is 5.67. The molecule has 15 aromatic rings. The minimum atomic E-state index is 0.670. The zero-order chi connectivity index (χ0) is 39.5. The summed E-state index contributed by atoms with van der Waals surface area (Å²) in [5.41, 5.74) is 11.2. The predicted molar refractivity (Wildman–Crippen MR) is 258 cm³/mol. The Balaban J connectivity index is 1.04. The van der Waals surface area contributed by atoms with E-state index >= 15 is 0 Å². The van der Waals surface area contributed by atoms with Crippen molar-refractivity contribution in [1.29, 1.82) is 0 Å². The van der Waals surface area contributed by atoms with Crippen LogP contribution in [-0.2, 0) is 0 Å². The van der Waals surface area contributed by atoms with E-state index in [0.717, 1.165) is 38.6 Å². The van der Waals surface area contributed by atoms with Crippen LogP contribution in [0.15, 0.2) is 182 Å². The summed E-state index contributed by atoms with van der Waals surface area (Å²) in [5, 5.41) is 16.1. The highest BCUT2D eigenvalue weighted by Gasteiger charge is 2.27. The highest BCUT2D eigenvalue weighted by Crippen LogP contribution is 2.50. The molecule has 0 aliphatic rings. The number of aromatic nitrogens is 4. The molecule has 0 spiro atoms. The van der Waals surface area contributed by atoms with Crippen molar-refractivity contribution in [1.82, 2.24) is 18.9 Å². The van der Waals surface area contributed by atoms with Crippen LogP contribution in [-0.4, -0.2) is 18.9 Å². The summed E-state index contributed by atoms with van der Waals surface area (Å²) >= 11 is 1.88. The van der Waals surface area contributed by atoms with Gasteiger partial charge in [0.1, 0.15) is 0 Å². The third-order valence-corrected chi connectivity index (χ3v) is 14.5. The van der Waals surface area contributed by atoms with Gasteiger partial charge in [-0.25, -0.2) is 9.97 Å². The Kier molecular flexibility index (Phi) is 6.01. The van der Waals surface area contributed by atoms with Crippen LogP contribution in [0.3, 0.4) is 0 Å². The number of rotatable bonds is 3. The van der Waals surface area contributed by atoms with E-state index < -0.39 is 0 Å². The lowest BCUT2D eigenvalue weighted by molar-refractivity contribution is 1.01. The molecule has 5 heteroatoms. The average molecular weight is 791 g/mol. The molecule has 61 heavy (non-hydrogen) atoms. The zero-order valence-corrected chi connectivity index (χ0v) is 33.3. The number of para-hydroxylation sites is 1. The van der Waals surface area contributed by atoms with E-state index in [1.807, 2.05) is 11.3 Å². The Bertz CT molecular complexity index is 4340. The molecule has 0 aliphatic heterocycles. The maximum Gasteiger partial charge on any atom is 0.235 e. The van der Waals surface area contributed by atoms with Crippen molar-refractivity contribution in [3.8, 4) is 28.3 Å². The number of hydrogen-bond acceptors (Lipinski definition) is 3. The highest BCUT2D eigenvalue weighted by atomic mass is 32.1. The Morgan fingerprint density at radius 1 is 0.377 bits per heavy atom. The largest absolute Gasteiger partial charge is 0.308 e. The molecule has 0 saturated heterocycles. The van der Waals surface area contributed by atoms with Crippen LogP contribution < -0.4 is 0 Å². The second-order valence-electron chi connectivity index (χ2n) is 16.5. The van der Waals surface area contributed by atoms with Gasteiger partial charge in [0.2, 0.25) is 5.95 Å². The molecule has 0 aliphatic carbocycles. The summed E-state index contributed by atoms with van der Waals surface area (Å²) in [4.78, 5) is 11.2. The number of benzene rings is 10. The van der Waals surface area contributed by atoms with Crippen LogP contribution in [0.5, 0.6) is 0 Å². The van der Waals surface area contributed by atoms with Crippen LogP contribution in [0, 0.1) is 0 Å². The molecule has 15 rings (SSSR count). The molecule has 10 aromatic carbocycles. The zero-order valence-electron chi connectivity index (χ0n) is 32.5. The number of nitrogens with zero attached hydrogens (tertiary/aromatic N) is 4. The van der Waals surface area contributed by atoms with Gasteiger partial charge >= 0.3 is 0 Å². The van der Waals surface area contributed by atoms with Crippen molar-refractivity contribution in [2.24, 2.45) is 0 Å². The molecule has 0 radical (unpaired) electrons. The third kappa shape index (κ3) is 4.08. The molecular formula is C56H30N4S. The van der Waals surface area contributed by atoms with Crippen LogP contribution in [0.1, 0.15) is 0 Å². The number of thiophene rings is 1. The van der Waals surface area contributed by atoms with E-state index in [4.69, 9.17) is 9.97 Å². The monoisotopic (exact) mass is 790 g/mol. The molecule has 5 aromatic heterocycles. The second kappa shape index (κ2) is 11.4. The van der Waals surface area contributed by atoms with E-state index in [1.165, 1.54) is 96.3 Å². The topological polar surface area (TPSA) is 35.1 Å². The van der Waals surface area contributed by atoms with E-state index in [-0.39, 0.29) is 0 Å². The van der Waals surface area contributed by atoms with Gasteiger partial charge < -0.3 is 4.40 Å². The third-order valence-electron chi connectivity index (χ3n) is 13.4. The lowest BCUT2D eigenvalue weighted by Crippen LogP contribution is -2.04. The van der Waals surface area contributed by atoms with Crippen molar-refractivity contribution in [3.05, 3.63) is 182 Å². The van der Waals surface area contributed by atoms with Gasteiger partial charge in [-0.05, 0) is 92.0 Å². The smallest absolute Gasteiger partial charge is 0.235 e. The van der Waals surface area contributed by atoms with Crippen molar-refractivity contribution in [2.45, 2.75) is 0 Å². The van der Waals surface area contributed by atoms with Crippen molar-refractivity contribution < 1.29 is 0 Å². The average Bonchev–Trinajstić information content (AvgIpc) is 3.95. The van der Waals surface area contributed by atoms with Crippen LogP contribution in [0.4, 0.5) is 0 Å². The Labute approximate surface area is 351 Å². The minimum absolute atomic E-state index is 0.670. The van der Waals surface area contributed by atoms with Crippen molar-refractivity contribution in [2.75, 3.05) is 0 Å². The summed E-state index contributed by atoms with van der Waals surface area (Å²) < 4.78 is 7.45. The molecule has 0 unspecified atom stereocenters. The Morgan fingerprint density at radius 3 is 1.95 bits per heavy atom. The summed E-state index contributed by atoms with van der Waals surface area (Å²) in [7, 11) is 0. The van der Waals surface area contributed by atoms with E-state index in [9.17, 15) is 0 Å². The molecule has 0 fully saturated rings. The van der Waals surface area contributed by atoms with Gasteiger partial charge in [-0.2, -0.15) is 0 Å². The molecule has 280 valence electrons. The molecular weight excluding hydrogens is 761 g/mol. The van der Waals surface area contributed by atoms with E-state index in [1.54, 1.807) is 0 Å². The molecule has 5 heterocycles. The van der Waals surface area contributed by atoms with Crippen LogP contribution in [0.2, 0.25) is 0 Å². The first-order valence-electron chi connectivity index (χ1n) is 20.8. The lowest BCUT2D eigenvalue weighted by Gasteiger charge is -2.15. The summed E-state index contributed by atoms with van der Waals surface area (Å²) in [6.45, 7) is 0. The van der Waals surface area contributed by atoms with Crippen LogP contribution >= 0.6 is 11.3 Å². The van der Waals surface area contributed by atoms with Crippen molar-refractivity contribution >= 4 is 124 Å². The fraction of sp³-hybridized carbons (Fsp3) is 0. The van der Waals surface area contributed by atoms with Gasteiger partial charge in [0.05, 0.1) is 38.8 Å². The second-order valence-corrected chi connectivity index (χ2v) is 17.5. The van der Waals surface area contributed by atoms with Gasteiger partial charge in [-0.1, -0.05) is 133 Å². The maximum absolute atomic E-state index is 5.67. The Hall–Kier alpha value is -7.86. The molecule has 0 N–H and O–H groups in total. The Morgan fingerprint density at radius 2 is 1.07 bits per heavy atom. The normalized spacial score (nSPS) is 12.6. The molecule has 4 nitrogen and oxygen atoms in total. The predicted octanol–water partition coefficient (Wildman–Crippen LogP) is 15.3. The lowest BCUT2D eigenvalue weighted by atomic mass is 9.92. The van der Waals surface area contributed by atoms with Crippen LogP contribution in [0.25, 0.3) is 141 Å². The van der Waals surface area contributed by atoms with Gasteiger partial charge in [-0.3, -0.25) is 4.57 Å². The fourth-order valence-electron chi connectivity index (χ4n) is 10.9. The first kappa shape index (κ1) is 32.0. The first-order valence-corrected chi connectivity index (χ1v) is 21.6. The summed E-state index contributed by atoms with van der Waals surface area (Å²) in [5.74, 6) is 0.670. The highest BCUT2D eigenvalue weighted by molar-refractivity contribution is 7.26. The van der Waals surface area contributed by atoms with Gasteiger partial charge in [0.25, 0.3) is 0 Å². The van der Waals surface area contributed by atoms with E-state index in [2.05, 4.69) is 191 Å². The number of hydrogen-bond donors (Lipinski definition) is 0.